The Kier molecular flexibility index (Phi) is 6.76. The molecule has 0 atom stereocenters. The fourth-order valence-corrected chi connectivity index (χ4v) is 2.28. The molecular formula is C18H21N3O4. The van der Waals surface area contributed by atoms with E-state index in [1.807, 2.05) is 37.4 Å². The summed E-state index contributed by atoms with van der Waals surface area (Å²) in [4.78, 5) is 24.2. The Labute approximate surface area is 146 Å². The summed E-state index contributed by atoms with van der Waals surface area (Å²) in [5.74, 6) is -0.216. The fourth-order valence-electron chi connectivity index (χ4n) is 2.28. The molecule has 0 radical (unpaired) electrons. The van der Waals surface area contributed by atoms with Gasteiger partial charge in [-0.05, 0) is 24.6 Å². The molecule has 0 saturated heterocycles. The molecule has 1 N–H and O–H groups in total. The van der Waals surface area contributed by atoms with Crippen molar-refractivity contribution in [3.63, 3.8) is 0 Å². The molecule has 0 spiro atoms. The SMILES string of the molecule is CN(CCCNC(=O)COc1ccccc1[N+](=O)[O-])c1ccccc1. The topological polar surface area (TPSA) is 84.7 Å². The number of nitrogens with one attached hydrogen (secondary N) is 1. The van der Waals surface area contributed by atoms with Gasteiger partial charge in [-0.1, -0.05) is 30.3 Å². The van der Waals surface area contributed by atoms with Crippen molar-refractivity contribution >= 4 is 17.3 Å². The molecule has 0 aliphatic carbocycles. The normalized spacial score (nSPS) is 10.1. The van der Waals surface area contributed by atoms with Crippen LogP contribution in [0, 0.1) is 10.1 Å². The quantitative estimate of drug-likeness (QED) is 0.430. The van der Waals surface area contributed by atoms with Crippen LogP contribution in [0.4, 0.5) is 11.4 Å². The van der Waals surface area contributed by atoms with Gasteiger partial charge in [0, 0.05) is 31.9 Å². The first-order valence-corrected chi connectivity index (χ1v) is 7.97. The van der Waals surface area contributed by atoms with Crippen molar-refractivity contribution in [1.29, 1.82) is 0 Å². The van der Waals surface area contributed by atoms with Crippen LogP contribution < -0.4 is 15.0 Å². The van der Waals surface area contributed by atoms with Gasteiger partial charge in [-0.2, -0.15) is 0 Å². The molecule has 0 aliphatic rings. The highest BCUT2D eigenvalue weighted by Crippen LogP contribution is 2.25. The molecule has 0 saturated carbocycles. The number of nitro groups is 1. The smallest absolute Gasteiger partial charge is 0.310 e. The summed E-state index contributed by atoms with van der Waals surface area (Å²) in [7, 11) is 1.99. The van der Waals surface area contributed by atoms with Gasteiger partial charge >= 0.3 is 5.69 Å². The van der Waals surface area contributed by atoms with Crippen molar-refractivity contribution in [2.45, 2.75) is 6.42 Å². The summed E-state index contributed by atoms with van der Waals surface area (Å²) in [6.07, 6.45) is 0.780. The predicted molar refractivity (Wildman–Crippen MR) is 95.9 cm³/mol. The molecule has 0 aromatic heterocycles. The van der Waals surface area contributed by atoms with Gasteiger partial charge in [-0.3, -0.25) is 14.9 Å². The van der Waals surface area contributed by atoms with Crippen LogP contribution in [-0.4, -0.2) is 37.6 Å². The van der Waals surface area contributed by atoms with Crippen molar-refractivity contribution in [3.05, 3.63) is 64.7 Å². The van der Waals surface area contributed by atoms with E-state index in [0.29, 0.717) is 6.54 Å². The number of rotatable bonds is 9. The number of para-hydroxylation sites is 3. The zero-order valence-electron chi connectivity index (χ0n) is 14.1. The third kappa shape index (κ3) is 5.80. The Morgan fingerprint density at radius 1 is 1.16 bits per heavy atom. The lowest BCUT2D eigenvalue weighted by Gasteiger charge is -2.19. The average Bonchev–Trinajstić information content (AvgIpc) is 2.64. The van der Waals surface area contributed by atoms with Crippen LogP contribution >= 0.6 is 0 Å². The molecule has 132 valence electrons. The van der Waals surface area contributed by atoms with Gasteiger partial charge in [0.15, 0.2) is 12.4 Å². The highest BCUT2D eigenvalue weighted by atomic mass is 16.6. The molecule has 0 bridgehead atoms. The van der Waals surface area contributed by atoms with E-state index in [1.165, 1.54) is 12.1 Å². The van der Waals surface area contributed by atoms with E-state index in [0.717, 1.165) is 18.7 Å². The van der Waals surface area contributed by atoms with Crippen molar-refractivity contribution in [3.8, 4) is 5.75 Å². The maximum Gasteiger partial charge on any atom is 0.310 e. The molecule has 0 aliphatic heterocycles. The average molecular weight is 343 g/mol. The molecule has 2 aromatic carbocycles. The minimum absolute atomic E-state index is 0.0893. The maximum atomic E-state index is 11.8. The number of carbonyl (C=O) groups excluding carboxylic acids is 1. The number of nitro benzene ring substituents is 1. The molecular weight excluding hydrogens is 322 g/mol. The first-order valence-electron chi connectivity index (χ1n) is 7.97. The van der Waals surface area contributed by atoms with E-state index < -0.39 is 4.92 Å². The van der Waals surface area contributed by atoms with Gasteiger partial charge in [0.2, 0.25) is 0 Å². The van der Waals surface area contributed by atoms with E-state index >= 15 is 0 Å². The Morgan fingerprint density at radius 3 is 2.56 bits per heavy atom. The molecule has 7 nitrogen and oxygen atoms in total. The zero-order valence-corrected chi connectivity index (χ0v) is 14.1. The third-order valence-corrected chi connectivity index (χ3v) is 3.61. The summed E-state index contributed by atoms with van der Waals surface area (Å²) in [6.45, 7) is 1.06. The van der Waals surface area contributed by atoms with Crippen molar-refractivity contribution in [2.24, 2.45) is 0 Å². The van der Waals surface area contributed by atoms with E-state index in [4.69, 9.17) is 4.74 Å². The molecule has 2 aromatic rings. The van der Waals surface area contributed by atoms with Gasteiger partial charge < -0.3 is 15.0 Å². The summed E-state index contributed by atoms with van der Waals surface area (Å²) in [6, 6.07) is 16.0. The minimum Gasteiger partial charge on any atom is -0.477 e. The lowest BCUT2D eigenvalue weighted by atomic mass is 10.3. The molecule has 0 unspecified atom stereocenters. The number of ether oxygens (including phenoxy) is 1. The number of hydrogen-bond donors (Lipinski definition) is 1. The second kappa shape index (κ2) is 9.27. The molecule has 0 heterocycles. The lowest BCUT2D eigenvalue weighted by Crippen LogP contribution is -2.31. The highest BCUT2D eigenvalue weighted by molar-refractivity contribution is 5.77. The molecule has 7 heteroatoms. The van der Waals surface area contributed by atoms with Crippen LogP contribution in [0.2, 0.25) is 0 Å². The van der Waals surface area contributed by atoms with Gasteiger partial charge in [0.1, 0.15) is 0 Å². The van der Waals surface area contributed by atoms with Crippen LogP contribution in [0.5, 0.6) is 5.75 Å². The van der Waals surface area contributed by atoms with Crippen molar-refractivity contribution in [1.82, 2.24) is 5.32 Å². The zero-order chi connectivity index (χ0) is 18.1. The van der Waals surface area contributed by atoms with Gasteiger partial charge in [0.25, 0.3) is 5.91 Å². The van der Waals surface area contributed by atoms with Crippen molar-refractivity contribution in [2.75, 3.05) is 31.6 Å². The highest BCUT2D eigenvalue weighted by Gasteiger charge is 2.14. The number of amides is 1. The van der Waals surface area contributed by atoms with E-state index in [9.17, 15) is 14.9 Å². The number of anilines is 1. The second-order valence-corrected chi connectivity index (χ2v) is 5.47. The summed E-state index contributed by atoms with van der Waals surface area (Å²) in [5.41, 5.74) is 0.966. The van der Waals surface area contributed by atoms with Gasteiger partial charge in [0.05, 0.1) is 4.92 Å². The Morgan fingerprint density at radius 2 is 1.84 bits per heavy atom. The summed E-state index contributed by atoms with van der Waals surface area (Å²) >= 11 is 0. The predicted octanol–water partition coefficient (Wildman–Crippen LogP) is 2.62. The molecule has 0 fully saturated rings. The van der Waals surface area contributed by atoms with Crippen LogP contribution in [0.1, 0.15) is 6.42 Å². The minimum atomic E-state index is -0.535. The molecule has 1 amide bonds. The summed E-state index contributed by atoms with van der Waals surface area (Å²) < 4.78 is 5.24. The van der Waals surface area contributed by atoms with Crippen molar-refractivity contribution < 1.29 is 14.5 Å². The maximum absolute atomic E-state index is 11.8. The second-order valence-electron chi connectivity index (χ2n) is 5.47. The fraction of sp³-hybridized carbons (Fsp3) is 0.278. The number of hydrogen-bond acceptors (Lipinski definition) is 5. The largest absolute Gasteiger partial charge is 0.477 e. The first kappa shape index (κ1) is 18.3. The number of carbonyl (C=O) groups is 1. The Bertz CT molecular complexity index is 706. The first-order chi connectivity index (χ1) is 12.1. The Hall–Kier alpha value is -3.09. The van der Waals surface area contributed by atoms with E-state index in [2.05, 4.69) is 10.2 Å². The number of nitrogens with zero attached hydrogens (tertiary/aromatic N) is 2. The van der Waals surface area contributed by atoms with E-state index in [-0.39, 0.29) is 24.0 Å². The lowest BCUT2D eigenvalue weighted by molar-refractivity contribution is -0.385. The van der Waals surface area contributed by atoms with Crippen LogP contribution in [0.25, 0.3) is 0 Å². The summed E-state index contributed by atoms with van der Waals surface area (Å²) in [5, 5.41) is 13.6. The standard InChI is InChI=1S/C18H21N3O4/c1-20(15-8-3-2-4-9-15)13-7-12-19-18(22)14-25-17-11-6-5-10-16(17)21(23)24/h2-6,8-11H,7,12-14H2,1H3,(H,19,22). The third-order valence-electron chi connectivity index (χ3n) is 3.61. The molecule has 25 heavy (non-hydrogen) atoms. The van der Waals surface area contributed by atoms with Crippen LogP contribution in [0.3, 0.4) is 0 Å². The van der Waals surface area contributed by atoms with Gasteiger partial charge in [-0.25, -0.2) is 0 Å². The van der Waals surface area contributed by atoms with Gasteiger partial charge in [-0.15, -0.1) is 0 Å². The Balaban J connectivity index is 1.69. The number of benzene rings is 2. The van der Waals surface area contributed by atoms with Crippen LogP contribution in [0.15, 0.2) is 54.6 Å². The van der Waals surface area contributed by atoms with Crippen LogP contribution in [-0.2, 0) is 4.79 Å². The monoisotopic (exact) mass is 343 g/mol. The molecule has 2 rings (SSSR count). The van der Waals surface area contributed by atoms with E-state index in [1.54, 1.807) is 12.1 Å².